The molecule has 1 aromatic rings. The monoisotopic (exact) mass is 500 g/mol. The van der Waals surface area contributed by atoms with Gasteiger partial charge in [-0.15, -0.1) is 0 Å². The van der Waals surface area contributed by atoms with E-state index in [9.17, 15) is 19.8 Å². The third kappa shape index (κ3) is 23.1. The zero-order chi connectivity index (χ0) is 23.2. The number of carboxylic acid groups (broad SMARTS) is 2. The Morgan fingerprint density at radius 3 is 1.78 bits per heavy atom. The fraction of sp³-hybridized carbons (Fsp3) is 0.708. The van der Waals surface area contributed by atoms with E-state index in [0.29, 0.717) is 12.1 Å². The Hall–Kier alpha value is -1.53. The summed E-state index contributed by atoms with van der Waals surface area (Å²) < 4.78 is 0. The first-order valence-electron chi connectivity index (χ1n) is 11.7. The van der Waals surface area contributed by atoms with Gasteiger partial charge in [-0.2, -0.15) is 0 Å². The maximum absolute atomic E-state index is 10.3. The predicted molar refractivity (Wildman–Crippen MR) is 119 cm³/mol. The van der Waals surface area contributed by atoms with Crippen LogP contribution in [0.3, 0.4) is 0 Å². The van der Waals surface area contributed by atoms with Crippen LogP contribution in [-0.4, -0.2) is 33.1 Å². The maximum Gasteiger partial charge on any atom is 2.00 e. The van der Waals surface area contributed by atoms with Crippen LogP contribution in [0.4, 0.5) is 0 Å². The topological polar surface area (TPSA) is 129 Å². The summed E-state index contributed by atoms with van der Waals surface area (Å²) in [6.07, 6.45) is 22.2. The molecule has 1 rings (SSSR count). The quantitative estimate of drug-likeness (QED) is 0.180. The number of aliphatic hydroxyl groups is 1. The average Bonchev–Trinajstić information content (AvgIpc) is 3.26. The number of hydrogen-bond donors (Lipinski definition) is 2. The Bertz CT molecular complexity index is 579. The van der Waals surface area contributed by atoms with Crippen LogP contribution >= 0.6 is 0 Å². The fourth-order valence-electron chi connectivity index (χ4n) is 3.17. The molecule has 1 atom stereocenters. The number of aliphatic hydroxyl groups excluding tert-OH is 1. The molecule has 178 valence electrons. The Labute approximate surface area is 205 Å². The van der Waals surface area contributed by atoms with E-state index < -0.39 is 18.0 Å². The van der Waals surface area contributed by atoms with Gasteiger partial charge in [0.15, 0.2) is 0 Å². The second-order valence-corrected chi connectivity index (χ2v) is 7.88. The van der Waals surface area contributed by atoms with Gasteiger partial charge in [0.2, 0.25) is 0 Å². The van der Waals surface area contributed by atoms with Gasteiger partial charge in [-0.05, 0) is 18.6 Å². The van der Waals surface area contributed by atoms with Gasteiger partial charge in [0, 0.05) is 0 Å². The summed E-state index contributed by atoms with van der Waals surface area (Å²) in [5.74, 6) is -2.56. The molecule has 0 aliphatic carbocycles. The summed E-state index contributed by atoms with van der Waals surface area (Å²) in [6, 6.07) is 0. The van der Waals surface area contributed by atoms with Crippen LogP contribution in [0.1, 0.15) is 109 Å². The molecule has 0 aromatic carbocycles. The van der Waals surface area contributed by atoms with E-state index in [4.69, 9.17) is 5.11 Å². The molecular weight excluding hydrogens is 462 g/mol. The first kappa shape index (κ1) is 32.7. The third-order valence-corrected chi connectivity index (χ3v) is 5.02. The van der Waals surface area contributed by atoms with Gasteiger partial charge in [0.25, 0.3) is 0 Å². The van der Waals surface area contributed by atoms with Crippen LogP contribution in [-0.2, 0) is 29.1 Å². The van der Waals surface area contributed by atoms with Crippen LogP contribution in [0.2, 0.25) is 0 Å². The van der Waals surface area contributed by atoms with Crippen molar-refractivity contribution >= 4 is 18.0 Å². The van der Waals surface area contributed by atoms with E-state index in [0.717, 1.165) is 25.3 Å². The normalized spacial score (nSPS) is 11.4. The summed E-state index contributed by atoms with van der Waals surface area (Å²) in [4.78, 5) is 26.5. The molecule has 0 saturated carbocycles. The Morgan fingerprint density at radius 2 is 1.41 bits per heavy atom. The van der Waals surface area contributed by atoms with Gasteiger partial charge >= 0.3 is 19.5 Å². The second-order valence-electron chi connectivity index (χ2n) is 7.88. The molecule has 8 heteroatoms. The van der Waals surface area contributed by atoms with Crippen LogP contribution in [0, 0.1) is 0 Å². The number of carboxylic acids is 2. The van der Waals surface area contributed by atoms with Crippen molar-refractivity contribution < 1.29 is 44.4 Å². The molecule has 0 aliphatic rings. The van der Waals surface area contributed by atoms with Crippen LogP contribution in [0.5, 0.6) is 0 Å². The molecule has 1 heterocycles. The van der Waals surface area contributed by atoms with E-state index >= 15 is 0 Å². The van der Waals surface area contributed by atoms with Gasteiger partial charge in [-0.25, -0.2) is 4.98 Å². The molecule has 0 bridgehead atoms. The van der Waals surface area contributed by atoms with Crippen molar-refractivity contribution in [3.05, 3.63) is 24.3 Å². The van der Waals surface area contributed by atoms with Crippen LogP contribution < -0.4 is 10.2 Å². The van der Waals surface area contributed by atoms with E-state index in [1.54, 1.807) is 0 Å². The minimum Gasteiger partial charge on any atom is -0.547 e. The van der Waals surface area contributed by atoms with Crippen molar-refractivity contribution in [1.29, 1.82) is 0 Å². The molecule has 0 aliphatic heterocycles. The van der Waals surface area contributed by atoms with Crippen molar-refractivity contribution in [2.24, 2.45) is 0 Å². The largest absolute Gasteiger partial charge is 2.00 e. The Kier molecular flexibility index (Phi) is 24.6. The summed E-state index contributed by atoms with van der Waals surface area (Å²) in [5, 5.41) is 29.2. The zero-order valence-corrected chi connectivity index (χ0v) is 22.7. The minimum atomic E-state index is -1.34. The number of imidazole rings is 1. The standard InChI is InChI=1S/C18H36O3.C6H6N2O2.Zn/c1-2-3-4-5-6-7-8-9-10-11-12-13-14-15-16-17(19)18(20)21;9-6(10)2-1-5-3-7-4-8-5;/h17,19H,2-16H2,1H3,(H,20,21);1-4H,(H,7,8)(H,9,10);/q;;+2/p-2. The Morgan fingerprint density at radius 1 is 0.938 bits per heavy atom. The summed E-state index contributed by atoms with van der Waals surface area (Å²) in [5.41, 5.74) is 0.643. The van der Waals surface area contributed by atoms with Crippen LogP contribution in [0.25, 0.3) is 6.08 Å². The first-order valence-corrected chi connectivity index (χ1v) is 11.7. The summed E-state index contributed by atoms with van der Waals surface area (Å²) >= 11 is 0. The van der Waals surface area contributed by atoms with Gasteiger partial charge < -0.3 is 29.9 Å². The van der Waals surface area contributed by atoms with E-state index in [-0.39, 0.29) is 19.5 Å². The third-order valence-electron chi connectivity index (χ3n) is 5.02. The number of nitrogens with zero attached hydrogens (tertiary/aromatic N) is 1. The fourth-order valence-corrected chi connectivity index (χ4v) is 3.17. The average molecular weight is 502 g/mol. The molecule has 0 fully saturated rings. The van der Waals surface area contributed by atoms with E-state index in [2.05, 4.69) is 16.9 Å². The summed E-state index contributed by atoms with van der Waals surface area (Å²) in [6.45, 7) is 2.26. The van der Waals surface area contributed by atoms with Gasteiger partial charge in [0.1, 0.15) is 0 Å². The number of aromatic nitrogens is 2. The Balaban J connectivity index is 0. The number of aromatic amines is 1. The number of carbonyl (C=O) groups is 2. The second kappa shape index (κ2) is 24.1. The predicted octanol–water partition coefficient (Wildman–Crippen LogP) is 3.14. The number of unbranched alkanes of at least 4 members (excludes halogenated alkanes) is 13. The molecule has 0 amide bonds. The van der Waals surface area contributed by atoms with E-state index in [1.165, 1.54) is 89.2 Å². The molecule has 7 nitrogen and oxygen atoms in total. The van der Waals surface area contributed by atoms with Crippen LogP contribution in [0.15, 0.2) is 18.6 Å². The maximum atomic E-state index is 10.3. The number of aliphatic carboxylic acids is 2. The molecular formula is C24H40N2O5Zn. The number of carbonyl (C=O) groups excluding carboxylic acids is 2. The number of rotatable bonds is 18. The molecule has 0 spiro atoms. The van der Waals surface area contributed by atoms with Gasteiger partial charge in [0.05, 0.1) is 36.3 Å². The SMILES string of the molecule is CCCCCCCCCCCCCCCCC(O)C(=O)[O-].O=C([O-])C=Cc1cnc[nH]1.[Zn+2]. The number of nitrogens with one attached hydrogen (secondary N) is 1. The molecule has 32 heavy (non-hydrogen) atoms. The smallest absolute Gasteiger partial charge is 0.547 e. The van der Waals surface area contributed by atoms with Gasteiger partial charge in [-0.3, -0.25) is 0 Å². The number of H-pyrrole nitrogens is 1. The molecule has 1 unspecified atom stereocenters. The van der Waals surface area contributed by atoms with Crippen molar-refractivity contribution in [3.63, 3.8) is 0 Å². The zero-order valence-electron chi connectivity index (χ0n) is 19.7. The molecule has 0 radical (unpaired) electrons. The minimum absolute atomic E-state index is 0. The van der Waals surface area contributed by atoms with Crippen molar-refractivity contribution in [3.8, 4) is 0 Å². The molecule has 1 aromatic heterocycles. The van der Waals surface area contributed by atoms with Gasteiger partial charge in [-0.1, -0.05) is 96.8 Å². The van der Waals surface area contributed by atoms with Crippen molar-refractivity contribution in [2.45, 2.75) is 109 Å². The molecule has 0 saturated heterocycles. The molecule has 2 N–H and O–H groups in total. The van der Waals surface area contributed by atoms with Crippen molar-refractivity contribution in [2.75, 3.05) is 0 Å². The van der Waals surface area contributed by atoms with E-state index in [1.807, 2.05) is 0 Å². The number of hydrogen-bond acceptors (Lipinski definition) is 6. The first-order chi connectivity index (χ1) is 15.0. The van der Waals surface area contributed by atoms with Crippen molar-refractivity contribution in [1.82, 2.24) is 9.97 Å². The summed E-state index contributed by atoms with van der Waals surface area (Å²) in [7, 11) is 0.